The van der Waals surface area contributed by atoms with E-state index in [-0.39, 0.29) is 11.5 Å². The molecule has 0 saturated heterocycles. The van der Waals surface area contributed by atoms with E-state index in [4.69, 9.17) is 0 Å². The molecule has 1 aliphatic rings. The predicted octanol–water partition coefficient (Wildman–Crippen LogP) is 3.73. The first-order valence-electron chi connectivity index (χ1n) is 9.80. The SMILES string of the molecule is O=S(=O)(Nc1ccc(F)c(Nc2ncccc2-c2ncnc3nc[nH]c23)c1F)C1CCC1. The maximum Gasteiger partial charge on any atom is 0.235 e. The van der Waals surface area contributed by atoms with Crippen LogP contribution in [0.5, 0.6) is 0 Å². The molecule has 12 heteroatoms. The van der Waals surface area contributed by atoms with Gasteiger partial charge in [0.15, 0.2) is 11.5 Å². The lowest BCUT2D eigenvalue weighted by molar-refractivity contribution is 0.479. The van der Waals surface area contributed by atoms with Gasteiger partial charge >= 0.3 is 0 Å². The fraction of sp³-hybridized carbons (Fsp3) is 0.200. The Balaban J connectivity index is 1.53. The van der Waals surface area contributed by atoms with Gasteiger partial charge in [0.1, 0.15) is 34.9 Å². The van der Waals surface area contributed by atoms with Crippen LogP contribution < -0.4 is 10.0 Å². The van der Waals surface area contributed by atoms with Crippen LogP contribution in [0.4, 0.5) is 26.0 Å². The standard InChI is InChI=1S/C20H17F2N7O2S/c21-13-6-7-14(29-32(30,31)11-3-1-4-11)15(22)17(13)28-19-12(5-2-8-23-19)16-18-20(26-9-24-16)27-10-25-18/h2,5-11,29H,1,3-4H2,(H,23,28)(H,24,25,26,27). The summed E-state index contributed by atoms with van der Waals surface area (Å²) in [5.74, 6) is -1.85. The second kappa shape index (κ2) is 7.79. The summed E-state index contributed by atoms with van der Waals surface area (Å²) in [6.07, 6.45) is 6.08. The van der Waals surface area contributed by atoms with Crippen molar-refractivity contribution in [1.82, 2.24) is 24.9 Å². The number of aromatic amines is 1. The van der Waals surface area contributed by atoms with Crippen LogP contribution in [0.3, 0.4) is 0 Å². The molecule has 1 fully saturated rings. The molecule has 0 spiro atoms. The van der Waals surface area contributed by atoms with Crippen molar-refractivity contribution in [3.8, 4) is 11.3 Å². The lowest BCUT2D eigenvalue weighted by Gasteiger charge is -2.26. The van der Waals surface area contributed by atoms with Gasteiger partial charge in [-0.05, 0) is 37.1 Å². The molecular formula is C20H17F2N7O2S. The molecule has 5 rings (SSSR count). The minimum absolute atomic E-state index is 0.124. The molecule has 0 amide bonds. The largest absolute Gasteiger partial charge is 0.341 e. The maximum atomic E-state index is 15.2. The summed E-state index contributed by atoms with van der Waals surface area (Å²) < 4.78 is 56.8. The van der Waals surface area contributed by atoms with Gasteiger partial charge < -0.3 is 10.3 Å². The first kappa shape index (κ1) is 20.2. The van der Waals surface area contributed by atoms with Crippen molar-refractivity contribution in [2.75, 3.05) is 10.0 Å². The van der Waals surface area contributed by atoms with Crippen molar-refractivity contribution in [1.29, 1.82) is 0 Å². The van der Waals surface area contributed by atoms with E-state index in [1.54, 1.807) is 12.1 Å². The summed E-state index contributed by atoms with van der Waals surface area (Å²) in [6.45, 7) is 0. The Bertz CT molecular complexity index is 1420. The van der Waals surface area contributed by atoms with Gasteiger partial charge in [-0.2, -0.15) is 0 Å². The average Bonchev–Trinajstić information content (AvgIpc) is 3.21. The minimum Gasteiger partial charge on any atom is -0.341 e. The van der Waals surface area contributed by atoms with Gasteiger partial charge in [-0.15, -0.1) is 0 Å². The summed E-state index contributed by atoms with van der Waals surface area (Å²) >= 11 is 0. The van der Waals surface area contributed by atoms with Crippen LogP contribution in [0.25, 0.3) is 22.4 Å². The Hall–Kier alpha value is -3.67. The normalized spacial score (nSPS) is 14.3. The fourth-order valence-corrected chi connectivity index (χ4v) is 5.03. The number of imidazole rings is 1. The van der Waals surface area contributed by atoms with Gasteiger partial charge in [-0.3, -0.25) is 4.72 Å². The molecule has 164 valence electrons. The number of benzene rings is 1. The zero-order chi connectivity index (χ0) is 22.3. The molecule has 1 aliphatic carbocycles. The number of halogens is 2. The molecule has 3 heterocycles. The molecule has 1 aromatic carbocycles. The minimum atomic E-state index is -3.75. The molecule has 9 nitrogen and oxygen atoms in total. The second-order valence-corrected chi connectivity index (χ2v) is 9.29. The topological polar surface area (TPSA) is 126 Å². The quantitative estimate of drug-likeness (QED) is 0.403. The molecule has 0 unspecified atom stereocenters. The van der Waals surface area contributed by atoms with Gasteiger partial charge in [0.05, 0.1) is 17.3 Å². The highest BCUT2D eigenvalue weighted by atomic mass is 32.2. The molecular weight excluding hydrogens is 440 g/mol. The van der Waals surface area contributed by atoms with Crippen LogP contribution in [-0.4, -0.2) is 38.6 Å². The van der Waals surface area contributed by atoms with Gasteiger partial charge in [0.25, 0.3) is 0 Å². The van der Waals surface area contributed by atoms with E-state index in [1.807, 2.05) is 0 Å². The molecule has 0 bridgehead atoms. The van der Waals surface area contributed by atoms with Gasteiger partial charge in [-0.25, -0.2) is 37.1 Å². The van der Waals surface area contributed by atoms with E-state index in [2.05, 4.69) is 35.0 Å². The van der Waals surface area contributed by atoms with Crippen LogP contribution in [0.15, 0.2) is 43.1 Å². The fourth-order valence-electron chi connectivity index (χ4n) is 3.45. The number of anilines is 3. The average molecular weight is 457 g/mol. The number of rotatable bonds is 6. The van der Waals surface area contributed by atoms with Crippen LogP contribution >= 0.6 is 0 Å². The predicted molar refractivity (Wildman–Crippen MR) is 115 cm³/mol. The van der Waals surface area contributed by atoms with E-state index < -0.39 is 32.6 Å². The summed E-state index contributed by atoms with van der Waals surface area (Å²) in [5.41, 5.74) is 0.972. The Morgan fingerprint density at radius 1 is 1.06 bits per heavy atom. The van der Waals surface area contributed by atoms with E-state index >= 15 is 4.39 Å². The highest BCUT2D eigenvalue weighted by molar-refractivity contribution is 7.93. The van der Waals surface area contributed by atoms with Crippen molar-refractivity contribution in [3.05, 3.63) is 54.8 Å². The van der Waals surface area contributed by atoms with E-state index in [0.29, 0.717) is 35.3 Å². The van der Waals surface area contributed by atoms with E-state index in [1.165, 1.54) is 18.9 Å². The van der Waals surface area contributed by atoms with Crippen LogP contribution in [0.1, 0.15) is 19.3 Å². The number of aromatic nitrogens is 5. The van der Waals surface area contributed by atoms with Crippen LogP contribution in [0.2, 0.25) is 0 Å². The van der Waals surface area contributed by atoms with Crippen LogP contribution in [0, 0.1) is 11.6 Å². The monoisotopic (exact) mass is 457 g/mol. The molecule has 3 aromatic heterocycles. The molecule has 3 N–H and O–H groups in total. The maximum absolute atomic E-state index is 15.2. The summed E-state index contributed by atoms with van der Waals surface area (Å²) in [4.78, 5) is 19.5. The van der Waals surface area contributed by atoms with Crippen molar-refractivity contribution in [2.45, 2.75) is 24.5 Å². The number of hydrogen-bond acceptors (Lipinski definition) is 7. The zero-order valence-electron chi connectivity index (χ0n) is 16.5. The molecule has 1 saturated carbocycles. The Kier molecular flexibility index (Phi) is 4.93. The third kappa shape index (κ3) is 3.51. The van der Waals surface area contributed by atoms with Crippen molar-refractivity contribution in [2.24, 2.45) is 0 Å². The third-order valence-corrected chi connectivity index (χ3v) is 7.22. The molecule has 0 aliphatic heterocycles. The van der Waals surface area contributed by atoms with Gasteiger partial charge in [0, 0.05) is 11.8 Å². The van der Waals surface area contributed by atoms with E-state index in [9.17, 15) is 12.8 Å². The number of nitrogens with one attached hydrogen (secondary N) is 3. The van der Waals surface area contributed by atoms with E-state index in [0.717, 1.165) is 18.6 Å². The lowest BCUT2D eigenvalue weighted by Crippen LogP contribution is -2.33. The number of nitrogens with zero attached hydrogens (tertiary/aromatic N) is 4. The number of pyridine rings is 1. The highest BCUT2D eigenvalue weighted by Gasteiger charge is 2.32. The summed E-state index contributed by atoms with van der Waals surface area (Å²) in [5, 5.41) is 2.09. The Morgan fingerprint density at radius 3 is 2.69 bits per heavy atom. The molecule has 4 aromatic rings. The van der Waals surface area contributed by atoms with Crippen LogP contribution in [-0.2, 0) is 10.0 Å². The number of sulfonamides is 1. The molecule has 32 heavy (non-hydrogen) atoms. The van der Waals surface area contributed by atoms with Gasteiger partial charge in [0.2, 0.25) is 10.0 Å². The van der Waals surface area contributed by atoms with Crippen molar-refractivity contribution in [3.63, 3.8) is 0 Å². The number of fused-ring (bicyclic) bond motifs is 1. The third-order valence-electron chi connectivity index (χ3n) is 5.36. The van der Waals surface area contributed by atoms with Crippen molar-refractivity contribution < 1.29 is 17.2 Å². The first-order chi connectivity index (χ1) is 15.4. The zero-order valence-corrected chi connectivity index (χ0v) is 17.3. The lowest BCUT2D eigenvalue weighted by atomic mass is 10.0. The first-order valence-corrected chi connectivity index (χ1v) is 11.3. The smallest absolute Gasteiger partial charge is 0.235 e. The van der Waals surface area contributed by atoms with Crippen molar-refractivity contribution >= 4 is 38.4 Å². The summed E-state index contributed by atoms with van der Waals surface area (Å²) in [7, 11) is -3.75. The molecule has 0 radical (unpaired) electrons. The summed E-state index contributed by atoms with van der Waals surface area (Å²) in [6, 6.07) is 5.38. The molecule has 0 atom stereocenters. The Morgan fingerprint density at radius 2 is 1.91 bits per heavy atom. The van der Waals surface area contributed by atoms with Gasteiger partial charge in [-0.1, -0.05) is 6.42 Å². The second-order valence-electron chi connectivity index (χ2n) is 7.33. The Labute approximate surface area is 181 Å². The number of hydrogen-bond donors (Lipinski definition) is 3. The highest BCUT2D eigenvalue weighted by Crippen LogP contribution is 2.35. The number of H-pyrrole nitrogens is 1.